The average Bonchev–Trinajstić information content (AvgIpc) is 2.86. The number of nitrogens with zero attached hydrogens (tertiary/aromatic N) is 2. The Labute approximate surface area is 103 Å². The molecule has 2 aliphatic rings. The predicted octanol–water partition coefficient (Wildman–Crippen LogP) is 2.99. The van der Waals surface area contributed by atoms with Crippen molar-refractivity contribution in [3.63, 3.8) is 0 Å². The lowest BCUT2D eigenvalue weighted by Gasteiger charge is -2.23. The van der Waals surface area contributed by atoms with E-state index in [9.17, 15) is 0 Å². The van der Waals surface area contributed by atoms with Crippen molar-refractivity contribution in [3.05, 3.63) is 22.8 Å². The highest BCUT2D eigenvalue weighted by atomic mass is 14.9. The lowest BCUT2D eigenvalue weighted by molar-refractivity contribution is 0.433. The number of terminal acetylenes is 1. The van der Waals surface area contributed by atoms with Crippen molar-refractivity contribution < 1.29 is 0 Å². The first-order valence-corrected chi connectivity index (χ1v) is 6.75. The highest BCUT2D eigenvalue weighted by molar-refractivity contribution is 5.35. The van der Waals surface area contributed by atoms with Crippen molar-refractivity contribution in [2.24, 2.45) is 0 Å². The normalized spacial score (nSPS) is 19.9. The van der Waals surface area contributed by atoms with E-state index in [0.29, 0.717) is 11.7 Å². The fraction of sp³-hybridized carbons (Fsp3) is 0.600. The maximum atomic E-state index is 5.47. The Morgan fingerprint density at radius 3 is 2.59 bits per heavy atom. The Hall–Kier alpha value is -1.36. The van der Waals surface area contributed by atoms with Crippen LogP contribution in [-0.2, 0) is 12.8 Å². The highest BCUT2D eigenvalue weighted by Crippen LogP contribution is 2.36. The number of rotatable bonds is 1. The third kappa shape index (κ3) is 1.95. The van der Waals surface area contributed by atoms with Gasteiger partial charge in [-0.05, 0) is 43.6 Å². The lowest BCUT2D eigenvalue weighted by Crippen LogP contribution is -2.12. The number of hydrogen-bond donors (Lipinski definition) is 0. The van der Waals surface area contributed by atoms with E-state index in [4.69, 9.17) is 6.42 Å². The van der Waals surface area contributed by atoms with Crippen LogP contribution in [0.5, 0.6) is 0 Å². The summed E-state index contributed by atoms with van der Waals surface area (Å²) in [5, 5.41) is 0. The molecule has 2 nitrogen and oxygen atoms in total. The molecule has 1 heterocycles. The summed E-state index contributed by atoms with van der Waals surface area (Å²) < 4.78 is 0. The first kappa shape index (κ1) is 10.8. The second-order valence-corrected chi connectivity index (χ2v) is 5.19. The Morgan fingerprint density at radius 2 is 1.82 bits per heavy atom. The quantitative estimate of drug-likeness (QED) is 0.688. The number of aromatic nitrogens is 2. The molecule has 1 fully saturated rings. The van der Waals surface area contributed by atoms with Gasteiger partial charge < -0.3 is 0 Å². The molecule has 1 saturated carbocycles. The largest absolute Gasteiger partial charge is 0.226 e. The van der Waals surface area contributed by atoms with Gasteiger partial charge in [-0.3, -0.25) is 0 Å². The first-order valence-electron chi connectivity index (χ1n) is 6.75. The summed E-state index contributed by atoms with van der Waals surface area (Å²) in [4.78, 5) is 9.12. The Bertz CT molecular complexity index is 465. The summed E-state index contributed by atoms with van der Waals surface area (Å²) in [6, 6.07) is 0. The summed E-state index contributed by atoms with van der Waals surface area (Å²) in [6.45, 7) is 0. The highest BCUT2D eigenvalue weighted by Gasteiger charge is 2.25. The van der Waals surface area contributed by atoms with Crippen molar-refractivity contribution in [1.29, 1.82) is 0 Å². The molecule has 0 spiro atoms. The molecule has 0 unspecified atom stereocenters. The number of hydrogen-bond acceptors (Lipinski definition) is 2. The molecule has 88 valence electrons. The van der Waals surface area contributed by atoms with E-state index in [2.05, 4.69) is 15.9 Å². The topological polar surface area (TPSA) is 25.8 Å². The molecular weight excluding hydrogens is 208 g/mol. The predicted molar refractivity (Wildman–Crippen MR) is 67.8 cm³/mol. The van der Waals surface area contributed by atoms with Crippen LogP contribution in [0.2, 0.25) is 0 Å². The third-order valence-corrected chi connectivity index (χ3v) is 4.09. The fourth-order valence-electron chi connectivity index (χ4n) is 3.24. The van der Waals surface area contributed by atoms with Gasteiger partial charge in [-0.2, -0.15) is 0 Å². The molecule has 1 aromatic heterocycles. The van der Waals surface area contributed by atoms with E-state index < -0.39 is 0 Å². The summed E-state index contributed by atoms with van der Waals surface area (Å²) in [5.41, 5.74) is 3.95. The summed E-state index contributed by atoms with van der Waals surface area (Å²) in [5.74, 6) is 3.86. The van der Waals surface area contributed by atoms with Crippen molar-refractivity contribution in [1.82, 2.24) is 9.97 Å². The zero-order valence-electron chi connectivity index (χ0n) is 10.2. The summed E-state index contributed by atoms with van der Waals surface area (Å²) in [7, 11) is 0. The molecule has 0 N–H and O–H groups in total. The van der Waals surface area contributed by atoms with Crippen molar-refractivity contribution in [3.8, 4) is 12.3 Å². The van der Waals surface area contributed by atoms with Crippen molar-refractivity contribution >= 4 is 0 Å². The average molecular weight is 226 g/mol. The number of aryl methyl sites for hydroxylation is 1. The fourth-order valence-corrected chi connectivity index (χ4v) is 3.24. The number of fused-ring (bicyclic) bond motifs is 1. The van der Waals surface area contributed by atoms with Crippen LogP contribution in [0.25, 0.3) is 0 Å². The first-order chi connectivity index (χ1) is 8.38. The Kier molecular flexibility index (Phi) is 2.84. The second-order valence-electron chi connectivity index (χ2n) is 5.19. The Balaban J connectivity index is 2.02. The van der Waals surface area contributed by atoms with Crippen LogP contribution in [0.1, 0.15) is 67.2 Å². The molecule has 0 saturated heterocycles. The van der Waals surface area contributed by atoms with Crippen LogP contribution < -0.4 is 0 Å². The molecule has 2 heteroatoms. The van der Waals surface area contributed by atoms with Gasteiger partial charge in [0.1, 0.15) is 0 Å². The molecule has 0 bridgehead atoms. The molecule has 1 aromatic rings. The van der Waals surface area contributed by atoms with Crippen LogP contribution in [0.4, 0.5) is 0 Å². The second kappa shape index (κ2) is 4.49. The smallest absolute Gasteiger partial charge is 0.205 e. The van der Waals surface area contributed by atoms with E-state index >= 15 is 0 Å². The van der Waals surface area contributed by atoms with Gasteiger partial charge >= 0.3 is 0 Å². The van der Waals surface area contributed by atoms with Crippen molar-refractivity contribution in [2.75, 3.05) is 0 Å². The van der Waals surface area contributed by atoms with E-state index in [1.165, 1.54) is 55.5 Å². The molecule has 0 aliphatic heterocycles. The van der Waals surface area contributed by atoms with E-state index in [1.807, 2.05) is 0 Å². The van der Waals surface area contributed by atoms with Crippen LogP contribution in [0.3, 0.4) is 0 Å². The SMILES string of the molecule is C#Cc1nc2c(c(C3CCCCC3)n1)CCC2. The minimum Gasteiger partial charge on any atom is -0.226 e. The summed E-state index contributed by atoms with van der Waals surface area (Å²) >= 11 is 0. The maximum absolute atomic E-state index is 5.47. The van der Waals surface area contributed by atoms with Gasteiger partial charge in [0.15, 0.2) is 0 Å². The van der Waals surface area contributed by atoms with E-state index in [1.54, 1.807) is 0 Å². The molecule has 2 aliphatic carbocycles. The maximum Gasteiger partial charge on any atom is 0.205 e. The summed E-state index contributed by atoms with van der Waals surface area (Å²) in [6.07, 6.45) is 15.6. The van der Waals surface area contributed by atoms with Crippen LogP contribution in [-0.4, -0.2) is 9.97 Å². The van der Waals surface area contributed by atoms with Crippen LogP contribution in [0.15, 0.2) is 0 Å². The van der Waals surface area contributed by atoms with E-state index in [-0.39, 0.29) is 0 Å². The van der Waals surface area contributed by atoms with Gasteiger partial charge in [0.2, 0.25) is 5.82 Å². The molecule has 3 rings (SSSR count). The minimum atomic E-state index is 0.603. The molecule has 0 atom stereocenters. The van der Waals surface area contributed by atoms with Crippen LogP contribution >= 0.6 is 0 Å². The lowest BCUT2D eigenvalue weighted by atomic mass is 9.85. The molecule has 0 aromatic carbocycles. The van der Waals surface area contributed by atoms with Gasteiger partial charge in [-0.15, -0.1) is 6.42 Å². The zero-order chi connectivity index (χ0) is 11.7. The molecular formula is C15H18N2. The van der Waals surface area contributed by atoms with Gasteiger partial charge in [-0.25, -0.2) is 9.97 Å². The monoisotopic (exact) mass is 226 g/mol. The van der Waals surface area contributed by atoms with Gasteiger partial charge in [0, 0.05) is 11.6 Å². The van der Waals surface area contributed by atoms with Crippen LogP contribution in [0, 0.1) is 12.3 Å². The van der Waals surface area contributed by atoms with Gasteiger partial charge in [0.05, 0.1) is 5.69 Å². The van der Waals surface area contributed by atoms with E-state index in [0.717, 1.165) is 12.8 Å². The molecule has 0 radical (unpaired) electrons. The Morgan fingerprint density at radius 1 is 1.00 bits per heavy atom. The zero-order valence-corrected chi connectivity index (χ0v) is 10.2. The molecule has 0 amide bonds. The van der Waals surface area contributed by atoms with Crippen molar-refractivity contribution in [2.45, 2.75) is 57.3 Å². The van der Waals surface area contributed by atoms with Gasteiger partial charge in [-0.1, -0.05) is 19.3 Å². The van der Waals surface area contributed by atoms with Gasteiger partial charge in [0.25, 0.3) is 0 Å². The molecule has 17 heavy (non-hydrogen) atoms. The third-order valence-electron chi connectivity index (χ3n) is 4.09. The minimum absolute atomic E-state index is 0.603. The standard InChI is InChI=1S/C15H18N2/c1-2-14-16-13-10-6-9-12(13)15(17-14)11-7-4-3-5-8-11/h1,11H,3-10H2.